The third kappa shape index (κ3) is 12.0. The SMILES string of the molecule is CC(O[Si](C)(C)C(C)(C)C)[C@@H]1C/C=C\CCC[C@@H](C)[C@@H](O[Si](C)(C)C(C)(C)C)[C@@H](C)C(=O)C(C)(C)[C@H](O[Si](C)(C)C(C)(C)C)CC(=O)O1. The van der Waals surface area contributed by atoms with Crippen molar-refractivity contribution in [2.24, 2.45) is 17.3 Å². The van der Waals surface area contributed by atoms with E-state index in [0.717, 1.165) is 19.3 Å². The minimum atomic E-state index is -2.39. The van der Waals surface area contributed by atoms with Crippen LogP contribution in [0, 0.1) is 17.3 Å². The van der Waals surface area contributed by atoms with Gasteiger partial charge >= 0.3 is 5.97 Å². The molecule has 0 aromatic rings. The van der Waals surface area contributed by atoms with Crippen LogP contribution >= 0.6 is 0 Å². The van der Waals surface area contributed by atoms with Crippen LogP contribution in [0.2, 0.25) is 54.4 Å². The van der Waals surface area contributed by atoms with Gasteiger partial charge in [0.25, 0.3) is 0 Å². The number of Topliss-reactive ketones (excluding diaryl/α,β-unsaturated/α-hetero) is 1. The van der Waals surface area contributed by atoms with Gasteiger partial charge in [-0.05, 0) is 86.5 Å². The average molecular weight is 727 g/mol. The zero-order valence-electron chi connectivity index (χ0n) is 35.1. The Hall–Kier alpha value is -0.589. The Bertz CT molecular complexity index is 1090. The molecule has 0 bridgehead atoms. The normalized spacial score (nSPS) is 28.1. The highest BCUT2D eigenvalue weighted by Crippen LogP contribution is 2.44. The first-order valence-corrected chi connectivity index (χ1v) is 27.4. The predicted octanol–water partition coefficient (Wildman–Crippen LogP) is 11.5. The van der Waals surface area contributed by atoms with E-state index in [0.29, 0.717) is 6.42 Å². The van der Waals surface area contributed by atoms with Gasteiger partial charge in [-0.25, -0.2) is 0 Å². The fourth-order valence-corrected chi connectivity index (χ4v) is 9.94. The molecule has 9 heteroatoms. The van der Waals surface area contributed by atoms with E-state index < -0.39 is 42.6 Å². The fourth-order valence-electron chi connectivity index (χ4n) is 5.59. The van der Waals surface area contributed by atoms with Gasteiger partial charge in [-0.15, -0.1) is 0 Å². The lowest BCUT2D eigenvalue weighted by molar-refractivity contribution is -0.158. The van der Waals surface area contributed by atoms with E-state index in [4.69, 9.17) is 18.0 Å². The maximum Gasteiger partial charge on any atom is 0.308 e. The molecule has 6 nitrogen and oxygen atoms in total. The minimum absolute atomic E-state index is 0.00824. The van der Waals surface area contributed by atoms with Gasteiger partial charge in [0.15, 0.2) is 25.0 Å². The quantitative estimate of drug-likeness (QED) is 0.148. The van der Waals surface area contributed by atoms with Crippen LogP contribution in [0.1, 0.15) is 129 Å². The second-order valence-corrected chi connectivity index (χ2v) is 34.3. The Labute approximate surface area is 300 Å². The zero-order chi connectivity index (χ0) is 37.9. The Kier molecular flexibility index (Phi) is 15.5. The largest absolute Gasteiger partial charge is 0.459 e. The molecular formula is C39H78O6Si3. The molecule has 0 aromatic heterocycles. The Balaban J connectivity index is 3.72. The van der Waals surface area contributed by atoms with Crippen LogP contribution in [0.25, 0.3) is 0 Å². The van der Waals surface area contributed by atoms with Crippen molar-refractivity contribution in [1.29, 1.82) is 0 Å². The van der Waals surface area contributed by atoms with Gasteiger partial charge in [0.2, 0.25) is 0 Å². The standard InChI is InChI=1S/C39H78O6Si3/c1-28-25-23-21-22-24-26-31(30(3)43-46(15,16)36(4,5)6)42-33(40)27-32(44-47(17,18)37(7,8)9)39(13,14)35(41)29(2)34(28)45-48(19,20)38(10,11)12/h22,24,28-32,34H,21,23,25-27H2,1-20H3/b24-22-/t28-,29-,30?,31+,32-,34-/m1/s1. The van der Waals surface area contributed by atoms with Crippen molar-refractivity contribution in [3.63, 3.8) is 0 Å². The lowest BCUT2D eigenvalue weighted by Crippen LogP contribution is -2.54. The molecule has 1 rings (SSSR count). The van der Waals surface area contributed by atoms with Crippen LogP contribution in [0.15, 0.2) is 12.2 Å². The number of carbonyl (C=O) groups is 2. The first-order chi connectivity index (χ1) is 21.3. The van der Waals surface area contributed by atoms with Gasteiger partial charge in [-0.1, -0.05) is 102 Å². The van der Waals surface area contributed by atoms with Crippen LogP contribution < -0.4 is 0 Å². The molecule has 0 radical (unpaired) electrons. The lowest BCUT2D eigenvalue weighted by Gasteiger charge is -2.46. The third-order valence-corrected chi connectivity index (χ3v) is 25.9. The predicted molar refractivity (Wildman–Crippen MR) is 211 cm³/mol. The van der Waals surface area contributed by atoms with Crippen LogP contribution in [0.3, 0.4) is 0 Å². The summed E-state index contributed by atoms with van der Waals surface area (Å²) in [5.74, 6) is -0.413. The summed E-state index contributed by atoms with van der Waals surface area (Å²) in [6.45, 7) is 43.7. The molecule has 0 saturated heterocycles. The smallest absolute Gasteiger partial charge is 0.308 e. The molecule has 0 saturated carbocycles. The van der Waals surface area contributed by atoms with Crippen molar-refractivity contribution in [2.45, 2.75) is 208 Å². The van der Waals surface area contributed by atoms with E-state index in [1.54, 1.807) is 0 Å². The summed E-state index contributed by atoms with van der Waals surface area (Å²) < 4.78 is 27.2. The molecular weight excluding hydrogens is 649 g/mol. The van der Waals surface area contributed by atoms with Gasteiger partial charge in [0, 0.05) is 17.8 Å². The molecule has 0 aliphatic carbocycles. The van der Waals surface area contributed by atoms with E-state index in [1.165, 1.54) is 0 Å². The monoisotopic (exact) mass is 727 g/mol. The second kappa shape index (κ2) is 16.4. The van der Waals surface area contributed by atoms with E-state index in [9.17, 15) is 9.59 Å². The fraction of sp³-hybridized carbons (Fsp3) is 0.897. The number of hydrogen-bond donors (Lipinski definition) is 0. The highest BCUT2D eigenvalue weighted by Gasteiger charge is 2.50. The van der Waals surface area contributed by atoms with Crippen molar-refractivity contribution < 1.29 is 27.6 Å². The van der Waals surface area contributed by atoms with Crippen LogP contribution in [-0.2, 0) is 27.6 Å². The van der Waals surface area contributed by atoms with E-state index in [-0.39, 0.29) is 57.3 Å². The van der Waals surface area contributed by atoms with Crippen molar-refractivity contribution in [1.82, 2.24) is 0 Å². The molecule has 1 unspecified atom stereocenters. The van der Waals surface area contributed by atoms with Gasteiger partial charge in [-0.2, -0.15) is 0 Å². The third-order valence-electron chi connectivity index (χ3n) is 12.4. The number of ether oxygens (including phenoxy) is 1. The summed E-state index contributed by atoms with van der Waals surface area (Å²) in [6, 6.07) is 0. The number of rotatable bonds is 7. The Morgan fingerprint density at radius 2 is 1.27 bits per heavy atom. The Morgan fingerprint density at radius 1 is 0.792 bits per heavy atom. The van der Waals surface area contributed by atoms with Crippen molar-refractivity contribution in [2.75, 3.05) is 0 Å². The number of allylic oxidation sites excluding steroid dienone is 1. The van der Waals surface area contributed by atoms with Crippen molar-refractivity contribution in [3.8, 4) is 0 Å². The molecule has 1 heterocycles. The van der Waals surface area contributed by atoms with Gasteiger partial charge < -0.3 is 18.0 Å². The second-order valence-electron chi connectivity index (χ2n) is 20.0. The van der Waals surface area contributed by atoms with Crippen LogP contribution in [0.4, 0.5) is 0 Å². The highest BCUT2D eigenvalue weighted by atomic mass is 28.4. The first-order valence-electron chi connectivity index (χ1n) is 18.7. The van der Waals surface area contributed by atoms with Crippen molar-refractivity contribution >= 4 is 36.7 Å². The summed E-state index contributed by atoms with van der Waals surface area (Å²) in [5, 5.41) is -0.0492. The zero-order valence-corrected chi connectivity index (χ0v) is 38.1. The molecule has 1 aliphatic heterocycles. The molecule has 48 heavy (non-hydrogen) atoms. The summed E-state index contributed by atoms with van der Waals surface area (Å²) in [6.07, 6.45) is 6.31. The highest BCUT2D eigenvalue weighted by molar-refractivity contribution is 6.75. The molecule has 0 spiro atoms. The van der Waals surface area contributed by atoms with Crippen molar-refractivity contribution in [3.05, 3.63) is 12.2 Å². The topological polar surface area (TPSA) is 71.1 Å². The first kappa shape index (κ1) is 45.4. The van der Waals surface area contributed by atoms with E-state index in [2.05, 4.69) is 121 Å². The summed E-state index contributed by atoms with van der Waals surface area (Å²) in [7, 11) is -6.68. The molecule has 0 aromatic carbocycles. The van der Waals surface area contributed by atoms with E-state index >= 15 is 0 Å². The number of ketones is 1. The maximum absolute atomic E-state index is 14.8. The number of cyclic esters (lactones) is 1. The lowest BCUT2D eigenvalue weighted by atomic mass is 9.73. The summed E-state index contributed by atoms with van der Waals surface area (Å²) >= 11 is 0. The number of esters is 1. The van der Waals surface area contributed by atoms with Gasteiger partial charge in [0.1, 0.15) is 11.9 Å². The van der Waals surface area contributed by atoms with Gasteiger partial charge in [0.05, 0.1) is 24.7 Å². The van der Waals surface area contributed by atoms with E-state index in [1.807, 2.05) is 27.7 Å². The molecule has 1 aliphatic rings. The number of carbonyl (C=O) groups excluding carboxylic acids is 2. The summed E-state index contributed by atoms with van der Waals surface area (Å²) in [5.41, 5.74) is -0.946. The Morgan fingerprint density at radius 3 is 1.75 bits per heavy atom. The molecule has 0 N–H and O–H groups in total. The number of hydrogen-bond acceptors (Lipinski definition) is 6. The maximum atomic E-state index is 14.8. The molecule has 6 atom stereocenters. The minimum Gasteiger partial charge on any atom is -0.459 e. The average Bonchev–Trinajstić information content (AvgIpc) is 2.88. The van der Waals surface area contributed by atoms with Gasteiger partial charge in [-0.3, -0.25) is 9.59 Å². The molecule has 0 fully saturated rings. The van der Waals surface area contributed by atoms with Crippen LogP contribution in [-0.4, -0.2) is 61.1 Å². The molecule has 0 amide bonds. The van der Waals surface area contributed by atoms with Crippen LogP contribution in [0.5, 0.6) is 0 Å². The molecule has 282 valence electrons. The summed E-state index contributed by atoms with van der Waals surface area (Å²) in [4.78, 5) is 28.8.